The molecule has 0 N–H and O–H groups in total. The van der Waals surface area contributed by atoms with Gasteiger partial charge in [0.05, 0.1) is 23.9 Å². The average molecular weight is 442 g/mol. The summed E-state index contributed by atoms with van der Waals surface area (Å²) in [6.45, 7) is 0.656. The van der Waals surface area contributed by atoms with Gasteiger partial charge in [0, 0.05) is 54.8 Å². The summed E-state index contributed by atoms with van der Waals surface area (Å²) in [6, 6.07) is 20.4. The molecule has 6 heteroatoms. The predicted octanol–water partition coefficient (Wildman–Crippen LogP) is 5.41. The lowest BCUT2D eigenvalue weighted by atomic mass is 9.85. The lowest BCUT2D eigenvalue weighted by molar-refractivity contribution is 0.0413. The molecule has 0 radical (unpaired) electrons. The zero-order valence-corrected chi connectivity index (χ0v) is 18.4. The summed E-state index contributed by atoms with van der Waals surface area (Å²) in [6.07, 6.45) is 3.85. The van der Waals surface area contributed by atoms with Gasteiger partial charge < -0.3 is 9.64 Å². The van der Waals surface area contributed by atoms with Crippen LogP contribution in [0.1, 0.15) is 28.8 Å². The Balaban J connectivity index is 1.45. The van der Waals surface area contributed by atoms with Crippen LogP contribution in [0.25, 0.3) is 22.2 Å². The number of benzene rings is 2. The fourth-order valence-electron chi connectivity index (χ4n) is 4.54. The van der Waals surface area contributed by atoms with Crippen molar-refractivity contribution in [1.82, 2.24) is 14.9 Å². The van der Waals surface area contributed by atoms with Crippen LogP contribution in [0.4, 0.5) is 4.39 Å². The Morgan fingerprint density at radius 3 is 2.45 bits per heavy atom. The van der Waals surface area contributed by atoms with Crippen LogP contribution in [-0.4, -0.2) is 41.0 Å². The van der Waals surface area contributed by atoms with E-state index < -0.39 is 5.67 Å². The Labute approximate surface area is 191 Å². The Hall–Kier alpha value is -3.80. The van der Waals surface area contributed by atoms with Gasteiger partial charge in [0.1, 0.15) is 11.4 Å². The highest BCUT2D eigenvalue weighted by atomic mass is 19.1. The molecule has 0 saturated carbocycles. The fourth-order valence-corrected chi connectivity index (χ4v) is 4.54. The summed E-state index contributed by atoms with van der Waals surface area (Å²) in [5.74, 6) is 0.438. The van der Waals surface area contributed by atoms with Crippen LogP contribution in [0.5, 0.6) is 5.75 Å². The summed E-state index contributed by atoms with van der Waals surface area (Å²) >= 11 is 0. The molecule has 1 aliphatic heterocycles. The highest BCUT2D eigenvalue weighted by Crippen LogP contribution is 2.41. The van der Waals surface area contributed by atoms with Crippen LogP contribution in [-0.2, 0) is 5.67 Å². The van der Waals surface area contributed by atoms with Gasteiger partial charge in [-0.3, -0.25) is 9.78 Å². The first-order valence-electron chi connectivity index (χ1n) is 11.0. The number of hydrogen-bond donors (Lipinski definition) is 0. The average Bonchev–Trinajstić information content (AvgIpc) is 2.88. The monoisotopic (exact) mass is 441 g/mol. The van der Waals surface area contributed by atoms with Gasteiger partial charge in [-0.2, -0.15) is 0 Å². The number of amides is 1. The van der Waals surface area contributed by atoms with E-state index >= 15 is 4.39 Å². The number of fused-ring (bicyclic) bond motifs is 1. The van der Waals surface area contributed by atoms with Crippen LogP contribution in [0.3, 0.4) is 0 Å². The third-order valence-corrected chi connectivity index (χ3v) is 6.36. The first kappa shape index (κ1) is 21.1. The van der Waals surface area contributed by atoms with E-state index in [1.165, 1.54) is 0 Å². The molecule has 0 aliphatic carbocycles. The number of alkyl halides is 1. The molecule has 0 spiro atoms. The van der Waals surface area contributed by atoms with Gasteiger partial charge in [-0.25, -0.2) is 9.37 Å². The minimum absolute atomic E-state index is 0.106. The van der Waals surface area contributed by atoms with Gasteiger partial charge in [0.2, 0.25) is 0 Å². The predicted molar refractivity (Wildman–Crippen MR) is 126 cm³/mol. The van der Waals surface area contributed by atoms with Gasteiger partial charge in [0.15, 0.2) is 0 Å². The van der Waals surface area contributed by atoms with Gasteiger partial charge in [-0.05, 0) is 30.3 Å². The highest BCUT2D eigenvalue weighted by Gasteiger charge is 2.39. The van der Waals surface area contributed by atoms with Crippen molar-refractivity contribution in [3.05, 3.63) is 90.3 Å². The molecule has 3 heterocycles. The number of likely N-dealkylation sites (tertiary alicyclic amines) is 1. The summed E-state index contributed by atoms with van der Waals surface area (Å²) in [5.41, 5.74) is 1.96. The molecule has 166 valence electrons. The van der Waals surface area contributed by atoms with E-state index in [1.807, 2.05) is 54.6 Å². The number of rotatable bonds is 4. The van der Waals surface area contributed by atoms with E-state index in [0.717, 1.165) is 16.5 Å². The van der Waals surface area contributed by atoms with E-state index in [-0.39, 0.29) is 18.7 Å². The van der Waals surface area contributed by atoms with Crippen LogP contribution >= 0.6 is 0 Å². The number of aromatic nitrogens is 2. The molecule has 0 unspecified atom stereocenters. The van der Waals surface area contributed by atoms with Crippen LogP contribution in [0.15, 0.2) is 79.1 Å². The maximum Gasteiger partial charge on any atom is 0.254 e. The molecule has 1 saturated heterocycles. The van der Waals surface area contributed by atoms with Crippen molar-refractivity contribution in [2.75, 3.05) is 20.2 Å². The summed E-state index contributed by atoms with van der Waals surface area (Å²) in [7, 11) is 1.55. The number of para-hydroxylation sites is 2. The van der Waals surface area contributed by atoms with E-state index in [4.69, 9.17) is 9.72 Å². The quantitative estimate of drug-likeness (QED) is 0.425. The highest BCUT2D eigenvalue weighted by molar-refractivity contribution is 6.07. The Morgan fingerprint density at radius 1 is 1.00 bits per heavy atom. The molecule has 1 fully saturated rings. The zero-order chi connectivity index (χ0) is 22.8. The number of methoxy groups -OCH3 is 1. The Kier molecular flexibility index (Phi) is 5.50. The molecule has 2 aromatic heterocycles. The number of carbonyl (C=O) groups is 1. The fraction of sp³-hybridized carbons (Fsp3) is 0.222. The third-order valence-electron chi connectivity index (χ3n) is 6.36. The normalized spacial score (nSPS) is 15.4. The van der Waals surface area contributed by atoms with E-state index in [2.05, 4.69) is 4.98 Å². The number of carbonyl (C=O) groups excluding carboxylic acids is 1. The largest absolute Gasteiger partial charge is 0.496 e. The minimum atomic E-state index is -1.52. The molecule has 0 atom stereocenters. The maximum atomic E-state index is 15.9. The van der Waals surface area contributed by atoms with Gasteiger partial charge in [0.25, 0.3) is 5.91 Å². The van der Waals surface area contributed by atoms with Crippen LogP contribution in [0, 0.1) is 0 Å². The lowest BCUT2D eigenvalue weighted by Crippen LogP contribution is -2.43. The molecule has 0 bridgehead atoms. The van der Waals surface area contributed by atoms with Crippen molar-refractivity contribution in [3.8, 4) is 17.0 Å². The molecule has 5 rings (SSSR count). The minimum Gasteiger partial charge on any atom is -0.496 e. The molecule has 1 amide bonds. The second kappa shape index (κ2) is 8.62. The van der Waals surface area contributed by atoms with Gasteiger partial charge in [-0.15, -0.1) is 0 Å². The Bertz CT molecular complexity index is 1300. The van der Waals surface area contributed by atoms with Crippen LogP contribution in [0.2, 0.25) is 0 Å². The molecular formula is C27H24FN3O2. The van der Waals surface area contributed by atoms with Crippen molar-refractivity contribution >= 4 is 16.8 Å². The standard InChI is InChI=1S/C27H24FN3O2/c1-33-25-9-5-3-7-22(25)27(28)12-16-31(17-13-27)26(32)21-18-24(19-10-14-29-15-11-19)30-23-8-4-2-6-20(21)23/h2-11,14-15,18H,12-13,16-17H2,1H3. The first-order chi connectivity index (χ1) is 16.1. The number of ether oxygens (including phenoxy) is 1. The number of hydrogen-bond acceptors (Lipinski definition) is 4. The van der Waals surface area contributed by atoms with Crippen molar-refractivity contribution < 1.29 is 13.9 Å². The van der Waals surface area contributed by atoms with E-state index in [0.29, 0.717) is 35.7 Å². The summed E-state index contributed by atoms with van der Waals surface area (Å²) in [5, 5.41) is 0.794. The van der Waals surface area contributed by atoms with E-state index in [9.17, 15) is 4.79 Å². The second-order valence-electron chi connectivity index (χ2n) is 8.27. The Morgan fingerprint density at radius 2 is 1.70 bits per heavy atom. The maximum absolute atomic E-state index is 15.9. The van der Waals surface area contributed by atoms with Crippen molar-refractivity contribution in [2.45, 2.75) is 18.5 Å². The summed E-state index contributed by atoms with van der Waals surface area (Å²) in [4.78, 5) is 24.2. The van der Waals surface area contributed by atoms with Crippen LogP contribution < -0.4 is 4.74 Å². The smallest absolute Gasteiger partial charge is 0.254 e. The SMILES string of the molecule is COc1ccccc1C1(F)CCN(C(=O)c2cc(-c3ccncc3)nc3ccccc23)CC1. The molecular weight excluding hydrogens is 417 g/mol. The van der Waals surface area contributed by atoms with Gasteiger partial charge >= 0.3 is 0 Å². The zero-order valence-electron chi connectivity index (χ0n) is 18.4. The van der Waals surface area contributed by atoms with Crippen molar-refractivity contribution in [2.24, 2.45) is 0 Å². The molecule has 5 nitrogen and oxygen atoms in total. The van der Waals surface area contributed by atoms with Crippen molar-refractivity contribution in [3.63, 3.8) is 0 Å². The summed E-state index contributed by atoms with van der Waals surface area (Å²) < 4.78 is 21.3. The number of piperidine rings is 1. The van der Waals surface area contributed by atoms with Crippen molar-refractivity contribution in [1.29, 1.82) is 0 Å². The number of pyridine rings is 2. The first-order valence-corrected chi connectivity index (χ1v) is 11.0. The topological polar surface area (TPSA) is 55.3 Å². The van der Waals surface area contributed by atoms with Gasteiger partial charge in [-0.1, -0.05) is 36.4 Å². The lowest BCUT2D eigenvalue weighted by Gasteiger charge is -2.37. The number of halogens is 1. The molecule has 2 aromatic carbocycles. The molecule has 1 aliphatic rings. The molecule has 33 heavy (non-hydrogen) atoms. The second-order valence-corrected chi connectivity index (χ2v) is 8.27. The van der Waals surface area contributed by atoms with E-state index in [1.54, 1.807) is 36.5 Å². The molecule has 4 aromatic rings. The third kappa shape index (κ3) is 3.93. The number of nitrogens with zero attached hydrogens (tertiary/aromatic N) is 3.